The number of ether oxygens (including phenoxy) is 1. The van der Waals surface area contributed by atoms with Crippen molar-refractivity contribution in [1.82, 2.24) is 15.6 Å². The van der Waals surface area contributed by atoms with Crippen LogP contribution in [-0.2, 0) is 6.54 Å². The lowest BCUT2D eigenvalue weighted by Crippen LogP contribution is -2.38. The fraction of sp³-hybridized carbons (Fsp3) is 0.375. The standard InChI is InChI=1S/C16H21BrN4OS/c1-11-15(23-12(2)21-11)10-20-16(18-3)19-7-8-22-14-6-4-5-13(17)9-14/h4-6,9H,7-8,10H2,1-3H3,(H2,18,19,20). The first-order chi connectivity index (χ1) is 11.1. The van der Waals surface area contributed by atoms with E-state index in [0.717, 1.165) is 33.4 Å². The smallest absolute Gasteiger partial charge is 0.191 e. The Morgan fingerprint density at radius 3 is 2.83 bits per heavy atom. The van der Waals surface area contributed by atoms with E-state index in [9.17, 15) is 0 Å². The van der Waals surface area contributed by atoms with E-state index in [1.807, 2.05) is 38.1 Å². The summed E-state index contributed by atoms with van der Waals surface area (Å²) >= 11 is 5.14. The maximum atomic E-state index is 5.68. The third-order valence-electron chi connectivity index (χ3n) is 3.10. The van der Waals surface area contributed by atoms with Crippen molar-refractivity contribution in [2.24, 2.45) is 4.99 Å². The molecular weight excluding hydrogens is 376 g/mol. The lowest BCUT2D eigenvalue weighted by Gasteiger charge is -2.12. The maximum Gasteiger partial charge on any atom is 0.191 e. The molecule has 2 N–H and O–H groups in total. The van der Waals surface area contributed by atoms with Crippen LogP contribution in [0.1, 0.15) is 15.6 Å². The van der Waals surface area contributed by atoms with Crippen molar-refractivity contribution in [3.05, 3.63) is 44.3 Å². The number of hydrogen-bond acceptors (Lipinski definition) is 4. The van der Waals surface area contributed by atoms with Crippen LogP contribution in [0.4, 0.5) is 0 Å². The van der Waals surface area contributed by atoms with E-state index in [1.54, 1.807) is 18.4 Å². The predicted octanol–water partition coefficient (Wildman–Crippen LogP) is 3.27. The Bertz CT molecular complexity index is 672. The Morgan fingerprint density at radius 2 is 2.17 bits per heavy atom. The lowest BCUT2D eigenvalue weighted by atomic mass is 10.3. The van der Waals surface area contributed by atoms with Crippen molar-refractivity contribution in [3.8, 4) is 5.75 Å². The SMILES string of the molecule is CN=C(NCCOc1cccc(Br)c1)NCc1sc(C)nc1C. The third-order valence-corrected chi connectivity index (χ3v) is 4.67. The zero-order valence-corrected chi connectivity index (χ0v) is 15.9. The van der Waals surface area contributed by atoms with Crippen LogP contribution in [0.3, 0.4) is 0 Å². The minimum Gasteiger partial charge on any atom is -0.492 e. The number of aromatic nitrogens is 1. The Kier molecular flexibility index (Phi) is 6.85. The Labute approximate surface area is 149 Å². The Hall–Kier alpha value is -1.60. The summed E-state index contributed by atoms with van der Waals surface area (Å²) in [7, 11) is 1.76. The van der Waals surface area contributed by atoms with Gasteiger partial charge in [-0.1, -0.05) is 22.0 Å². The summed E-state index contributed by atoms with van der Waals surface area (Å²) in [6.45, 7) is 6.02. The van der Waals surface area contributed by atoms with Crippen LogP contribution in [0.2, 0.25) is 0 Å². The first-order valence-electron chi connectivity index (χ1n) is 7.34. The van der Waals surface area contributed by atoms with Gasteiger partial charge in [-0.05, 0) is 32.0 Å². The van der Waals surface area contributed by atoms with E-state index >= 15 is 0 Å². The molecule has 1 heterocycles. The van der Waals surface area contributed by atoms with Gasteiger partial charge in [-0.2, -0.15) is 0 Å². The lowest BCUT2D eigenvalue weighted by molar-refractivity contribution is 0.321. The summed E-state index contributed by atoms with van der Waals surface area (Å²) in [4.78, 5) is 9.87. The molecule has 2 aromatic rings. The largest absolute Gasteiger partial charge is 0.492 e. The molecule has 2 rings (SSSR count). The van der Waals surface area contributed by atoms with E-state index in [-0.39, 0.29) is 0 Å². The molecule has 0 bridgehead atoms. The van der Waals surface area contributed by atoms with E-state index in [1.165, 1.54) is 4.88 Å². The number of aliphatic imine (C=N–C) groups is 1. The second-order valence-corrected chi connectivity index (χ2v) is 7.10. The molecule has 0 fully saturated rings. The second kappa shape index (κ2) is 8.88. The van der Waals surface area contributed by atoms with E-state index in [0.29, 0.717) is 13.2 Å². The first-order valence-corrected chi connectivity index (χ1v) is 8.95. The summed E-state index contributed by atoms with van der Waals surface area (Å²) in [5.41, 5.74) is 1.08. The van der Waals surface area contributed by atoms with E-state index in [2.05, 4.69) is 36.5 Å². The van der Waals surface area contributed by atoms with Gasteiger partial charge in [-0.15, -0.1) is 11.3 Å². The van der Waals surface area contributed by atoms with Crippen LogP contribution in [0.5, 0.6) is 5.75 Å². The van der Waals surface area contributed by atoms with Gasteiger partial charge in [-0.25, -0.2) is 4.98 Å². The zero-order valence-electron chi connectivity index (χ0n) is 13.5. The number of nitrogens with zero attached hydrogens (tertiary/aromatic N) is 2. The van der Waals surface area contributed by atoms with Crippen LogP contribution in [0.25, 0.3) is 0 Å². The molecule has 0 aliphatic rings. The minimum absolute atomic E-state index is 0.565. The molecule has 0 atom stereocenters. The molecule has 124 valence electrons. The molecule has 5 nitrogen and oxygen atoms in total. The third kappa shape index (κ3) is 5.84. The molecule has 0 amide bonds. The van der Waals surface area contributed by atoms with Gasteiger partial charge >= 0.3 is 0 Å². The molecule has 0 unspecified atom stereocenters. The van der Waals surface area contributed by atoms with Crippen molar-refractivity contribution in [1.29, 1.82) is 0 Å². The van der Waals surface area contributed by atoms with Crippen molar-refractivity contribution < 1.29 is 4.74 Å². The highest BCUT2D eigenvalue weighted by atomic mass is 79.9. The van der Waals surface area contributed by atoms with Gasteiger partial charge in [0.15, 0.2) is 5.96 Å². The highest BCUT2D eigenvalue weighted by molar-refractivity contribution is 9.10. The fourth-order valence-corrected chi connectivity index (χ4v) is 3.27. The van der Waals surface area contributed by atoms with Crippen LogP contribution in [-0.4, -0.2) is 31.1 Å². The average Bonchev–Trinajstić information content (AvgIpc) is 2.84. The number of guanidine groups is 1. The highest BCUT2D eigenvalue weighted by Gasteiger charge is 2.05. The summed E-state index contributed by atoms with van der Waals surface area (Å²) in [5, 5.41) is 7.62. The molecule has 0 saturated heterocycles. The number of nitrogens with one attached hydrogen (secondary N) is 2. The summed E-state index contributed by atoms with van der Waals surface area (Å²) in [5.74, 6) is 1.60. The van der Waals surface area contributed by atoms with Crippen molar-refractivity contribution in [3.63, 3.8) is 0 Å². The number of hydrogen-bond donors (Lipinski definition) is 2. The molecular formula is C16H21BrN4OS. The van der Waals surface area contributed by atoms with Gasteiger partial charge in [-0.3, -0.25) is 4.99 Å². The van der Waals surface area contributed by atoms with Gasteiger partial charge in [0.05, 0.1) is 23.8 Å². The molecule has 0 spiro atoms. The zero-order chi connectivity index (χ0) is 16.7. The number of thiazole rings is 1. The maximum absolute atomic E-state index is 5.68. The van der Waals surface area contributed by atoms with Gasteiger partial charge in [0.2, 0.25) is 0 Å². The Balaban J connectivity index is 1.72. The summed E-state index contributed by atoms with van der Waals surface area (Å²) < 4.78 is 6.69. The van der Waals surface area contributed by atoms with Gasteiger partial charge in [0.1, 0.15) is 12.4 Å². The van der Waals surface area contributed by atoms with E-state index in [4.69, 9.17) is 4.74 Å². The van der Waals surface area contributed by atoms with Crippen LogP contribution >= 0.6 is 27.3 Å². The van der Waals surface area contributed by atoms with Gasteiger partial charge < -0.3 is 15.4 Å². The molecule has 0 radical (unpaired) electrons. The highest BCUT2D eigenvalue weighted by Crippen LogP contribution is 2.17. The monoisotopic (exact) mass is 396 g/mol. The Morgan fingerprint density at radius 1 is 1.35 bits per heavy atom. The molecule has 1 aromatic carbocycles. The molecule has 0 aliphatic carbocycles. The van der Waals surface area contributed by atoms with E-state index < -0.39 is 0 Å². The first kappa shape index (κ1) is 17.7. The topological polar surface area (TPSA) is 58.5 Å². The number of benzene rings is 1. The summed E-state index contributed by atoms with van der Waals surface area (Å²) in [6, 6.07) is 7.81. The number of halogens is 1. The van der Waals surface area contributed by atoms with Crippen molar-refractivity contribution in [2.75, 3.05) is 20.2 Å². The van der Waals surface area contributed by atoms with Crippen LogP contribution < -0.4 is 15.4 Å². The van der Waals surface area contributed by atoms with Gasteiger partial charge in [0.25, 0.3) is 0 Å². The molecule has 0 saturated carbocycles. The molecule has 7 heteroatoms. The van der Waals surface area contributed by atoms with Crippen LogP contribution in [0, 0.1) is 13.8 Å². The van der Waals surface area contributed by atoms with Crippen LogP contribution in [0.15, 0.2) is 33.7 Å². The van der Waals surface area contributed by atoms with Crippen molar-refractivity contribution in [2.45, 2.75) is 20.4 Å². The fourth-order valence-electron chi connectivity index (χ4n) is 2.02. The normalized spacial score (nSPS) is 11.4. The number of rotatable bonds is 6. The van der Waals surface area contributed by atoms with Gasteiger partial charge in [0, 0.05) is 16.4 Å². The number of aryl methyl sites for hydroxylation is 2. The molecule has 1 aromatic heterocycles. The van der Waals surface area contributed by atoms with Crippen molar-refractivity contribution >= 4 is 33.2 Å². The summed E-state index contributed by atoms with van der Waals surface area (Å²) in [6.07, 6.45) is 0. The minimum atomic E-state index is 0.565. The second-order valence-electron chi connectivity index (χ2n) is 4.90. The predicted molar refractivity (Wildman–Crippen MR) is 99.4 cm³/mol. The molecule has 23 heavy (non-hydrogen) atoms. The molecule has 0 aliphatic heterocycles. The average molecular weight is 397 g/mol. The quantitative estimate of drug-likeness (QED) is 0.446.